The number of anilines is 1. The predicted octanol–water partition coefficient (Wildman–Crippen LogP) is 1.98. The summed E-state index contributed by atoms with van der Waals surface area (Å²) in [6.07, 6.45) is -4.58. The molecule has 2 rings (SSSR count). The predicted molar refractivity (Wildman–Crippen MR) is 57.5 cm³/mol. The second-order valence-electron chi connectivity index (χ2n) is 3.80. The van der Waals surface area contributed by atoms with Crippen molar-refractivity contribution >= 4 is 5.95 Å². The fraction of sp³-hybridized carbons (Fsp3) is 0.300. The van der Waals surface area contributed by atoms with Gasteiger partial charge in [-0.3, -0.25) is 0 Å². The molecular weight excluding hydrogens is 266 g/mol. The summed E-state index contributed by atoms with van der Waals surface area (Å²) >= 11 is 0. The summed E-state index contributed by atoms with van der Waals surface area (Å²) in [5.41, 5.74) is -0.892. The van der Waals surface area contributed by atoms with Gasteiger partial charge in [0, 0.05) is 6.54 Å². The molecule has 0 saturated carbocycles. The van der Waals surface area contributed by atoms with Gasteiger partial charge in [0.05, 0.1) is 12.6 Å². The maximum Gasteiger partial charge on any atom is 0.416 e. The molecule has 1 aromatic carbocycles. The van der Waals surface area contributed by atoms with Crippen molar-refractivity contribution in [2.45, 2.75) is 12.7 Å². The van der Waals surface area contributed by atoms with E-state index in [1.807, 2.05) is 0 Å². The molecule has 0 spiro atoms. The van der Waals surface area contributed by atoms with E-state index in [0.29, 0.717) is 6.07 Å². The van der Waals surface area contributed by atoms with Crippen LogP contribution >= 0.6 is 0 Å². The van der Waals surface area contributed by atoms with Crippen LogP contribution in [0.3, 0.4) is 0 Å². The Balaban J connectivity index is 2.14. The smallest absolute Gasteiger partial charge is 0.348 e. The topological polar surface area (TPSA) is 55.6 Å². The third kappa shape index (κ3) is 3.39. The number of hydrogen-bond donors (Lipinski definition) is 1. The molecule has 0 fully saturated rings. The SMILES string of the molecule is Cn1nnc(NCc2cc(F)cc(C(F)(F)F)c2)n1. The van der Waals surface area contributed by atoms with Gasteiger partial charge in [-0.15, -0.1) is 5.10 Å². The van der Waals surface area contributed by atoms with Gasteiger partial charge >= 0.3 is 6.18 Å². The summed E-state index contributed by atoms with van der Waals surface area (Å²) in [6, 6.07) is 2.33. The van der Waals surface area contributed by atoms with Crippen LogP contribution in [-0.4, -0.2) is 20.2 Å². The van der Waals surface area contributed by atoms with Gasteiger partial charge in [0.15, 0.2) is 0 Å². The minimum absolute atomic E-state index is 0.0352. The molecule has 19 heavy (non-hydrogen) atoms. The Kier molecular flexibility index (Phi) is 3.36. The van der Waals surface area contributed by atoms with E-state index >= 15 is 0 Å². The lowest BCUT2D eigenvalue weighted by Gasteiger charge is -2.09. The molecule has 0 aliphatic carbocycles. The van der Waals surface area contributed by atoms with Gasteiger partial charge in [0.2, 0.25) is 0 Å². The number of tetrazole rings is 1. The van der Waals surface area contributed by atoms with Crippen LogP contribution in [0.5, 0.6) is 0 Å². The van der Waals surface area contributed by atoms with Crippen molar-refractivity contribution in [3.8, 4) is 0 Å². The van der Waals surface area contributed by atoms with Crippen molar-refractivity contribution in [3.63, 3.8) is 0 Å². The molecule has 0 aliphatic rings. The van der Waals surface area contributed by atoms with E-state index in [-0.39, 0.29) is 18.1 Å². The first kappa shape index (κ1) is 13.2. The summed E-state index contributed by atoms with van der Waals surface area (Å²) < 4.78 is 50.6. The van der Waals surface area contributed by atoms with Crippen LogP contribution in [0, 0.1) is 5.82 Å². The molecule has 0 unspecified atom stereocenters. The van der Waals surface area contributed by atoms with Crippen LogP contribution in [-0.2, 0) is 19.8 Å². The molecule has 0 bridgehead atoms. The summed E-state index contributed by atoms with van der Waals surface area (Å²) in [7, 11) is 1.54. The van der Waals surface area contributed by atoms with Crippen LogP contribution in [0.2, 0.25) is 0 Å². The largest absolute Gasteiger partial charge is 0.416 e. The molecule has 9 heteroatoms. The fourth-order valence-corrected chi connectivity index (χ4v) is 1.45. The molecule has 2 aromatic rings. The zero-order valence-electron chi connectivity index (χ0n) is 9.74. The van der Waals surface area contributed by atoms with E-state index in [1.165, 1.54) is 4.80 Å². The third-order valence-corrected chi connectivity index (χ3v) is 2.24. The molecule has 102 valence electrons. The second-order valence-corrected chi connectivity index (χ2v) is 3.80. The van der Waals surface area contributed by atoms with Crippen molar-refractivity contribution in [1.82, 2.24) is 20.2 Å². The Morgan fingerprint density at radius 1 is 1.26 bits per heavy atom. The molecule has 1 N–H and O–H groups in total. The number of aromatic nitrogens is 4. The Morgan fingerprint density at radius 2 is 2.00 bits per heavy atom. The number of halogens is 4. The first-order chi connectivity index (χ1) is 8.84. The number of nitrogens with zero attached hydrogens (tertiary/aromatic N) is 4. The molecular formula is C10H9F4N5. The standard InChI is InChI=1S/C10H9F4N5/c1-19-17-9(16-18-19)15-5-6-2-7(10(12,13)14)4-8(11)3-6/h2-4H,5H2,1H3,(H,15,17). The van der Waals surface area contributed by atoms with E-state index < -0.39 is 17.6 Å². The van der Waals surface area contributed by atoms with Crippen molar-refractivity contribution < 1.29 is 17.6 Å². The first-order valence-electron chi connectivity index (χ1n) is 5.19. The summed E-state index contributed by atoms with van der Waals surface area (Å²) in [5, 5.41) is 13.6. The molecule has 0 atom stereocenters. The van der Waals surface area contributed by atoms with Gasteiger partial charge < -0.3 is 5.32 Å². The Labute approximate surface area is 105 Å². The zero-order chi connectivity index (χ0) is 14.0. The van der Waals surface area contributed by atoms with Crippen LogP contribution in [0.1, 0.15) is 11.1 Å². The molecule has 1 heterocycles. The number of alkyl halides is 3. The zero-order valence-corrected chi connectivity index (χ0v) is 9.74. The lowest BCUT2D eigenvalue weighted by Crippen LogP contribution is -2.08. The van der Waals surface area contributed by atoms with Crippen molar-refractivity contribution in [3.05, 3.63) is 35.1 Å². The number of rotatable bonds is 3. The van der Waals surface area contributed by atoms with E-state index in [2.05, 4.69) is 20.7 Å². The van der Waals surface area contributed by atoms with Crippen LogP contribution < -0.4 is 5.32 Å². The van der Waals surface area contributed by atoms with E-state index in [4.69, 9.17) is 0 Å². The maximum absolute atomic E-state index is 13.1. The summed E-state index contributed by atoms with van der Waals surface area (Å²) in [4.78, 5) is 1.19. The molecule has 5 nitrogen and oxygen atoms in total. The van der Waals surface area contributed by atoms with Crippen LogP contribution in [0.15, 0.2) is 18.2 Å². The molecule has 1 aromatic heterocycles. The molecule has 0 aliphatic heterocycles. The Bertz CT molecular complexity index is 578. The number of nitrogens with one attached hydrogen (secondary N) is 1. The van der Waals surface area contributed by atoms with Crippen molar-refractivity contribution in [1.29, 1.82) is 0 Å². The minimum Gasteiger partial charge on any atom is -0.348 e. The minimum atomic E-state index is -4.58. The van der Waals surface area contributed by atoms with Gasteiger partial charge in [-0.25, -0.2) is 4.39 Å². The van der Waals surface area contributed by atoms with Gasteiger partial charge in [0.1, 0.15) is 5.82 Å². The monoisotopic (exact) mass is 275 g/mol. The number of hydrogen-bond acceptors (Lipinski definition) is 4. The van der Waals surface area contributed by atoms with Gasteiger partial charge in [-0.05, 0) is 29.0 Å². The first-order valence-corrected chi connectivity index (χ1v) is 5.19. The fourth-order valence-electron chi connectivity index (χ4n) is 1.45. The lowest BCUT2D eigenvalue weighted by atomic mass is 10.1. The quantitative estimate of drug-likeness (QED) is 0.870. The molecule has 0 amide bonds. The lowest BCUT2D eigenvalue weighted by molar-refractivity contribution is -0.137. The average Bonchev–Trinajstić information content (AvgIpc) is 2.71. The highest BCUT2D eigenvalue weighted by atomic mass is 19.4. The van der Waals surface area contributed by atoms with Crippen LogP contribution in [0.25, 0.3) is 0 Å². The van der Waals surface area contributed by atoms with Gasteiger partial charge in [-0.1, -0.05) is 5.10 Å². The number of aryl methyl sites for hydroxylation is 1. The highest BCUT2D eigenvalue weighted by Crippen LogP contribution is 2.30. The third-order valence-electron chi connectivity index (χ3n) is 2.24. The highest BCUT2D eigenvalue weighted by molar-refractivity contribution is 5.30. The summed E-state index contributed by atoms with van der Waals surface area (Å²) in [6.45, 7) is -0.0352. The average molecular weight is 275 g/mol. The van der Waals surface area contributed by atoms with Crippen molar-refractivity contribution in [2.24, 2.45) is 7.05 Å². The normalized spacial score (nSPS) is 11.6. The number of benzene rings is 1. The van der Waals surface area contributed by atoms with Gasteiger partial charge in [-0.2, -0.15) is 18.0 Å². The van der Waals surface area contributed by atoms with Crippen molar-refractivity contribution in [2.75, 3.05) is 5.32 Å². The second kappa shape index (κ2) is 4.82. The summed E-state index contributed by atoms with van der Waals surface area (Å²) in [5.74, 6) is -0.793. The molecule has 0 radical (unpaired) electrons. The van der Waals surface area contributed by atoms with E-state index in [0.717, 1.165) is 12.1 Å². The highest BCUT2D eigenvalue weighted by Gasteiger charge is 2.31. The van der Waals surface area contributed by atoms with Crippen LogP contribution in [0.4, 0.5) is 23.5 Å². The Morgan fingerprint density at radius 3 is 2.58 bits per heavy atom. The van der Waals surface area contributed by atoms with E-state index in [1.54, 1.807) is 7.05 Å². The van der Waals surface area contributed by atoms with Gasteiger partial charge in [0.25, 0.3) is 5.95 Å². The Hall–Kier alpha value is -2.19. The maximum atomic E-state index is 13.1. The molecule has 0 saturated heterocycles. The van der Waals surface area contributed by atoms with E-state index in [9.17, 15) is 17.6 Å².